The Kier molecular flexibility index (Phi) is 6.56. The van der Waals surface area contributed by atoms with E-state index in [9.17, 15) is 18.0 Å². The zero-order chi connectivity index (χ0) is 28.9. The highest BCUT2D eigenvalue weighted by atomic mass is 19.4. The van der Waals surface area contributed by atoms with Crippen molar-refractivity contribution in [1.29, 1.82) is 5.41 Å². The summed E-state index contributed by atoms with van der Waals surface area (Å²) in [4.78, 5) is 25.5. The molecule has 0 unspecified atom stereocenters. The SMILES string of the molecule is CC(C)c1ccccc1-c1nc(C(N)=O)c2c(n1)n(Cc1ccc(-c3nc(C(F)(F)F)cn3C)cc1)c(=N)n2C. The topological polar surface area (TPSA) is 120 Å². The summed E-state index contributed by atoms with van der Waals surface area (Å²) in [5.74, 6) is -0.0478. The van der Waals surface area contributed by atoms with Gasteiger partial charge in [0.2, 0.25) is 5.62 Å². The number of nitrogens with two attached hydrogens (primary N) is 1. The molecule has 12 heteroatoms. The molecule has 5 rings (SSSR count). The van der Waals surface area contributed by atoms with Gasteiger partial charge >= 0.3 is 6.18 Å². The Bertz CT molecular complexity index is 1810. The van der Waals surface area contributed by atoms with E-state index in [-0.39, 0.29) is 29.6 Å². The number of carbonyl (C=O) groups is 1. The van der Waals surface area contributed by atoms with E-state index in [1.54, 1.807) is 35.9 Å². The smallest absolute Gasteiger partial charge is 0.364 e. The molecular formula is C28H27F3N8O. The van der Waals surface area contributed by atoms with Crippen LogP contribution in [-0.2, 0) is 26.8 Å². The minimum atomic E-state index is -4.54. The molecule has 0 aliphatic rings. The van der Waals surface area contributed by atoms with E-state index in [1.165, 1.54) is 16.2 Å². The van der Waals surface area contributed by atoms with E-state index >= 15 is 0 Å². The van der Waals surface area contributed by atoms with Crippen molar-refractivity contribution < 1.29 is 18.0 Å². The zero-order valence-corrected chi connectivity index (χ0v) is 22.3. The normalized spacial score (nSPS) is 12.0. The molecule has 0 fully saturated rings. The van der Waals surface area contributed by atoms with Crippen LogP contribution in [0, 0.1) is 5.41 Å². The fraction of sp³-hybridized carbons (Fsp3) is 0.250. The Balaban J connectivity index is 1.60. The second-order valence-electron chi connectivity index (χ2n) is 9.90. The van der Waals surface area contributed by atoms with Crippen molar-refractivity contribution in [2.75, 3.05) is 0 Å². The maximum Gasteiger partial charge on any atom is 0.434 e. The van der Waals surface area contributed by atoms with E-state index in [1.807, 2.05) is 24.3 Å². The highest BCUT2D eigenvalue weighted by molar-refractivity contribution is 6.02. The predicted octanol–water partition coefficient (Wildman–Crippen LogP) is 4.61. The molecule has 3 aromatic heterocycles. The number of rotatable bonds is 6. The van der Waals surface area contributed by atoms with E-state index in [2.05, 4.69) is 23.8 Å². The number of fused-ring (bicyclic) bond motifs is 1. The molecule has 0 bridgehead atoms. The summed E-state index contributed by atoms with van der Waals surface area (Å²) in [5, 5.41) is 8.75. The lowest BCUT2D eigenvalue weighted by atomic mass is 9.97. The van der Waals surface area contributed by atoms with Gasteiger partial charge in [0.05, 0.1) is 6.54 Å². The van der Waals surface area contributed by atoms with Gasteiger partial charge in [0.15, 0.2) is 22.9 Å². The molecule has 3 N–H and O–H groups in total. The van der Waals surface area contributed by atoms with Gasteiger partial charge in [-0.3, -0.25) is 14.8 Å². The maximum absolute atomic E-state index is 13.1. The number of alkyl halides is 3. The van der Waals surface area contributed by atoms with Gasteiger partial charge in [0.25, 0.3) is 5.91 Å². The van der Waals surface area contributed by atoms with Crippen LogP contribution in [0.5, 0.6) is 0 Å². The molecule has 0 aliphatic carbocycles. The predicted molar refractivity (Wildman–Crippen MR) is 143 cm³/mol. The first-order valence-electron chi connectivity index (χ1n) is 12.5. The Morgan fingerprint density at radius 3 is 2.30 bits per heavy atom. The van der Waals surface area contributed by atoms with E-state index < -0.39 is 17.8 Å². The molecule has 0 atom stereocenters. The van der Waals surface area contributed by atoms with Crippen molar-refractivity contribution in [1.82, 2.24) is 28.7 Å². The number of aryl methyl sites for hydroxylation is 2. The Hall–Kier alpha value is -4.74. The molecule has 0 aliphatic heterocycles. The highest BCUT2D eigenvalue weighted by Gasteiger charge is 2.34. The number of hydrogen-bond acceptors (Lipinski definition) is 5. The van der Waals surface area contributed by atoms with Crippen LogP contribution in [0.1, 0.15) is 47.1 Å². The number of imidazole rings is 2. The van der Waals surface area contributed by atoms with Crippen LogP contribution >= 0.6 is 0 Å². The number of benzene rings is 2. The second-order valence-corrected chi connectivity index (χ2v) is 9.90. The third kappa shape index (κ3) is 4.65. The zero-order valence-electron chi connectivity index (χ0n) is 22.3. The van der Waals surface area contributed by atoms with Crippen LogP contribution in [0.15, 0.2) is 54.7 Å². The van der Waals surface area contributed by atoms with Crippen LogP contribution < -0.4 is 11.4 Å². The number of nitrogens with one attached hydrogen (secondary N) is 1. The number of amides is 1. The molecule has 0 radical (unpaired) electrons. The van der Waals surface area contributed by atoms with Crippen LogP contribution in [0.2, 0.25) is 0 Å². The lowest BCUT2D eigenvalue weighted by molar-refractivity contribution is -0.140. The summed E-state index contributed by atoms with van der Waals surface area (Å²) in [6, 6.07) is 14.5. The lowest BCUT2D eigenvalue weighted by Crippen LogP contribution is -2.23. The number of hydrogen-bond donors (Lipinski definition) is 2. The van der Waals surface area contributed by atoms with Gasteiger partial charge in [-0.25, -0.2) is 15.0 Å². The second kappa shape index (κ2) is 9.78. The number of primary amides is 1. The summed E-state index contributed by atoms with van der Waals surface area (Å²) in [6.45, 7) is 4.32. The van der Waals surface area contributed by atoms with Gasteiger partial charge in [-0.05, 0) is 17.0 Å². The maximum atomic E-state index is 13.1. The first-order chi connectivity index (χ1) is 18.9. The van der Waals surface area contributed by atoms with Crippen molar-refractivity contribution >= 4 is 17.1 Å². The van der Waals surface area contributed by atoms with Gasteiger partial charge in [0, 0.05) is 31.4 Å². The first kappa shape index (κ1) is 26.9. The molecule has 1 amide bonds. The number of carbonyl (C=O) groups excluding carboxylic acids is 1. The molecule has 206 valence electrons. The fourth-order valence-corrected chi connectivity index (χ4v) is 4.79. The Morgan fingerprint density at radius 1 is 1.02 bits per heavy atom. The van der Waals surface area contributed by atoms with Crippen LogP contribution in [0.25, 0.3) is 33.9 Å². The number of nitrogens with zero attached hydrogens (tertiary/aromatic N) is 6. The van der Waals surface area contributed by atoms with E-state index in [0.717, 1.165) is 22.9 Å². The van der Waals surface area contributed by atoms with Gasteiger partial charge in [0.1, 0.15) is 11.3 Å². The van der Waals surface area contributed by atoms with Crippen molar-refractivity contribution in [3.8, 4) is 22.8 Å². The molecule has 0 spiro atoms. The van der Waals surface area contributed by atoms with Crippen LogP contribution in [-0.4, -0.2) is 34.6 Å². The standard InChI is InChI=1S/C28H27F3N8O/c1-15(2)18-7-5-6-8-19(18)24-35-21(23(32)40)22-26(36-24)39(27(33)38(22)4)13-16-9-11-17(12-10-16)25-34-20(14-37(25)3)28(29,30)31/h5-12,14-15,33H,13H2,1-4H3,(H2,32,40). The van der Waals surface area contributed by atoms with Gasteiger partial charge < -0.3 is 14.9 Å². The summed E-state index contributed by atoms with van der Waals surface area (Å²) < 4.78 is 43.8. The minimum Gasteiger partial charge on any atom is -0.364 e. The summed E-state index contributed by atoms with van der Waals surface area (Å²) in [7, 11) is 3.15. The summed E-state index contributed by atoms with van der Waals surface area (Å²) >= 11 is 0. The third-order valence-corrected chi connectivity index (χ3v) is 6.81. The van der Waals surface area contributed by atoms with Crippen molar-refractivity contribution in [2.45, 2.75) is 32.5 Å². The molecular weight excluding hydrogens is 521 g/mol. The average molecular weight is 549 g/mol. The van der Waals surface area contributed by atoms with Gasteiger partial charge in [-0.1, -0.05) is 62.4 Å². The third-order valence-electron chi connectivity index (χ3n) is 6.81. The lowest BCUT2D eigenvalue weighted by Gasteiger charge is -2.13. The Morgan fingerprint density at radius 2 is 1.70 bits per heavy atom. The minimum absolute atomic E-state index is 0.0129. The Labute approximate surface area is 227 Å². The average Bonchev–Trinajstić information content (AvgIpc) is 3.42. The largest absolute Gasteiger partial charge is 0.434 e. The van der Waals surface area contributed by atoms with E-state index in [0.29, 0.717) is 22.6 Å². The van der Waals surface area contributed by atoms with Gasteiger partial charge in [-0.2, -0.15) is 13.2 Å². The van der Waals surface area contributed by atoms with Crippen molar-refractivity contribution in [3.63, 3.8) is 0 Å². The molecule has 9 nitrogen and oxygen atoms in total. The number of aromatic nitrogens is 6. The molecule has 0 saturated carbocycles. The monoisotopic (exact) mass is 548 g/mol. The molecule has 0 saturated heterocycles. The van der Waals surface area contributed by atoms with E-state index in [4.69, 9.17) is 16.1 Å². The molecule has 2 aromatic carbocycles. The van der Waals surface area contributed by atoms with Crippen molar-refractivity contribution in [3.05, 3.63) is 82.9 Å². The van der Waals surface area contributed by atoms with Crippen LogP contribution in [0.4, 0.5) is 13.2 Å². The quantitative estimate of drug-likeness (QED) is 0.322. The highest BCUT2D eigenvalue weighted by Crippen LogP contribution is 2.31. The fourth-order valence-electron chi connectivity index (χ4n) is 4.79. The number of halogens is 3. The molecule has 3 heterocycles. The summed E-state index contributed by atoms with van der Waals surface area (Å²) in [5.41, 5.74) is 8.61. The first-order valence-corrected chi connectivity index (χ1v) is 12.5. The van der Waals surface area contributed by atoms with Crippen molar-refractivity contribution in [2.24, 2.45) is 19.8 Å². The van der Waals surface area contributed by atoms with Gasteiger partial charge in [-0.15, -0.1) is 0 Å². The van der Waals surface area contributed by atoms with Crippen LogP contribution in [0.3, 0.4) is 0 Å². The summed E-state index contributed by atoms with van der Waals surface area (Å²) in [6.07, 6.45) is -3.59. The molecule has 40 heavy (non-hydrogen) atoms. The molecule has 5 aromatic rings.